The average molecular weight is 278 g/mol. The zero-order valence-corrected chi connectivity index (χ0v) is 12.3. The summed E-state index contributed by atoms with van der Waals surface area (Å²) in [7, 11) is -1.62. The average Bonchev–Trinajstić information content (AvgIpc) is 2.37. The standard InChI is InChI=1S/C12H26N2O3S/c1-3-8-14(18(15,16)10-9-17-2)11-12-4-6-13-7-5-12/h12-13H,3-11H2,1-2H3. The van der Waals surface area contributed by atoms with Gasteiger partial charge in [0.25, 0.3) is 0 Å². The minimum atomic E-state index is -3.16. The highest BCUT2D eigenvalue weighted by molar-refractivity contribution is 7.89. The third kappa shape index (κ3) is 5.22. The molecule has 1 saturated heterocycles. The lowest BCUT2D eigenvalue weighted by atomic mass is 9.98. The van der Waals surface area contributed by atoms with Crippen molar-refractivity contribution in [3.05, 3.63) is 0 Å². The van der Waals surface area contributed by atoms with Crippen molar-refractivity contribution in [3.63, 3.8) is 0 Å². The highest BCUT2D eigenvalue weighted by Crippen LogP contribution is 2.16. The number of nitrogens with one attached hydrogen (secondary N) is 1. The van der Waals surface area contributed by atoms with E-state index in [2.05, 4.69) is 5.32 Å². The minimum absolute atomic E-state index is 0.0917. The second-order valence-electron chi connectivity index (χ2n) is 4.86. The molecule has 0 unspecified atom stereocenters. The summed E-state index contributed by atoms with van der Waals surface area (Å²) in [5.74, 6) is 0.587. The minimum Gasteiger partial charge on any atom is -0.384 e. The molecule has 1 heterocycles. The monoisotopic (exact) mass is 278 g/mol. The topological polar surface area (TPSA) is 58.6 Å². The van der Waals surface area contributed by atoms with Crippen LogP contribution >= 0.6 is 0 Å². The van der Waals surface area contributed by atoms with Crippen LogP contribution in [0.3, 0.4) is 0 Å². The Bertz CT molecular complexity index is 313. The van der Waals surface area contributed by atoms with E-state index in [1.807, 2.05) is 6.92 Å². The van der Waals surface area contributed by atoms with Gasteiger partial charge in [-0.2, -0.15) is 0 Å². The fraction of sp³-hybridized carbons (Fsp3) is 1.00. The van der Waals surface area contributed by atoms with E-state index in [0.717, 1.165) is 32.4 Å². The number of nitrogens with zero attached hydrogens (tertiary/aromatic N) is 1. The van der Waals surface area contributed by atoms with Crippen LogP contribution in [0.2, 0.25) is 0 Å². The molecule has 0 bridgehead atoms. The lowest BCUT2D eigenvalue weighted by molar-refractivity contribution is 0.214. The highest BCUT2D eigenvalue weighted by Gasteiger charge is 2.25. The second kappa shape index (κ2) is 8.09. The van der Waals surface area contributed by atoms with Crippen LogP contribution in [0.25, 0.3) is 0 Å². The Morgan fingerprint density at radius 3 is 2.56 bits per heavy atom. The number of hydrogen-bond acceptors (Lipinski definition) is 4. The van der Waals surface area contributed by atoms with Crippen molar-refractivity contribution in [2.75, 3.05) is 45.6 Å². The molecule has 1 N–H and O–H groups in total. The molecule has 0 saturated carbocycles. The Kier molecular flexibility index (Phi) is 7.14. The Balaban J connectivity index is 2.56. The summed E-state index contributed by atoms with van der Waals surface area (Å²) in [6.45, 7) is 5.58. The fourth-order valence-corrected chi connectivity index (χ4v) is 3.80. The van der Waals surface area contributed by atoms with Gasteiger partial charge < -0.3 is 10.1 Å². The first-order valence-electron chi connectivity index (χ1n) is 6.77. The number of methoxy groups -OCH3 is 1. The number of ether oxygens (including phenoxy) is 1. The van der Waals surface area contributed by atoms with Crippen molar-refractivity contribution in [1.82, 2.24) is 9.62 Å². The molecule has 0 atom stereocenters. The van der Waals surface area contributed by atoms with Crippen LogP contribution in [-0.4, -0.2) is 58.4 Å². The van der Waals surface area contributed by atoms with E-state index in [9.17, 15) is 8.42 Å². The van der Waals surface area contributed by atoms with Crippen LogP contribution in [-0.2, 0) is 14.8 Å². The molecule has 0 aromatic rings. The molecule has 6 heteroatoms. The first-order valence-corrected chi connectivity index (χ1v) is 8.38. The summed E-state index contributed by atoms with van der Waals surface area (Å²) in [5.41, 5.74) is 0. The van der Waals surface area contributed by atoms with Gasteiger partial charge in [-0.1, -0.05) is 6.92 Å². The van der Waals surface area contributed by atoms with Gasteiger partial charge in [-0.25, -0.2) is 12.7 Å². The van der Waals surface area contributed by atoms with E-state index in [1.165, 1.54) is 7.11 Å². The van der Waals surface area contributed by atoms with E-state index in [1.54, 1.807) is 4.31 Å². The lowest BCUT2D eigenvalue weighted by Gasteiger charge is -2.29. The van der Waals surface area contributed by atoms with Gasteiger partial charge in [-0.15, -0.1) is 0 Å². The predicted molar refractivity (Wildman–Crippen MR) is 73.1 cm³/mol. The molecule has 0 radical (unpaired) electrons. The van der Waals surface area contributed by atoms with Gasteiger partial charge in [0.05, 0.1) is 12.4 Å². The lowest BCUT2D eigenvalue weighted by Crippen LogP contribution is -2.41. The zero-order chi connectivity index (χ0) is 13.4. The van der Waals surface area contributed by atoms with Gasteiger partial charge >= 0.3 is 0 Å². The van der Waals surface area contributed by atoms with E-state index in [-0.39, 0.29) is 12.4 Å². The molecule has 1 aliphatic rings. The van der Waals surface area contributed by atoms with Crippen LogP contribution in [0.5, 0.6) is 0 Å². The molecule has 0 aromatic carbocycles. The van der Waals surface area contributed by atoms with Crippen molar-refractivity contribution < 1.29 is 13.2 Å². The van der Waals surface area contributed by atoms with Crippen LogP contribution in [0.1, 0.15) is 26.2 Å². The van der Waals surface area contributed by atoms with Crippen molar-refractivity contribution in [3.8, 4) is 0 Å². The maximum Gasteiger partial charge on any atom is 0.216 e. The van der Waals surface area contributed by atoms with Gasteiger partial charge in [0, 0.05) is 20.2 Å². The van der Waals surface area contributed by atoms with Gasteiger partial charge in [0.1, 0.15) is 0 Å². The molecule has 1 rings (SSSR count). The smallest absolute Gasteiger partial charge is 0.216 e. The first kappa shape index (κ1) is 15.9. The fourth-order valence-electron chi connectivity index (χ4n) is 2.26. The van der Waals surface area contributed by atoms with Gasteiger partial charge in [-0.05, 0) is 38.3 Å². The Morgan fingerprint density at radius 2 is 2.00 bits per heavy atom. The van der Waals surface area contributed by atoms with Crippen molar-refractivity contribution in [1.29, 1.82) is 0 Å². The normalized spacial score (nSPS) is 18.4. The van der Waals surface area contributed by atoms with Crippen LogP contribution in [0.15, 0.2) is 0 Å². The van der Waals surface area contributed by atoms with Gasteiger partial charge in [-0.3, -0.25) is 0 Å². The largest absolute Gasteiger partial charge is 0.384 e. The molecule has 0 aromatic heterocycles. The summed E-state index contributed by atoms with van der Waals surface area (Å²) >= 11 is 0. The molecule has 5 nitrogen and oxygen atoms in total. The third-order valence-corrected chi connectivity index (χ3v) is 5.13. The molecule has 0 aliphatic carbocycles. The summed E-state index contributed by atoms with van der Waals surface area (Å²) < 4.78 is 30.9. The third-order valence-electron chi connectivity index (χ3n) is 3.33. The van der Waals surface area contributed by atoms with Crippen molar-refractivity contribution in [2.24, 2.45) is 5.92 Å². The number of piperidine rings is 1. The molecule has 1 fully saturated rings. The zero-order valence-electron chi connectivity index (χ0n) is 11.5. The van der Waals surface area contributed by atoms with Gasteiger partial charge in [0.15, 0.2) is 0 Å². The van der Waals surface area contributed by atoms with Crippen LogP contribution in [0, 0.1) is 5.92 Å². The van der Waals surface area contributed by atoms with Gasteiger partial charge in [0.2, 0.25) is 10.0 Å². The quantitative estimate of drug-likeness (QED) is 0.709. The maximum absolute atomic E-state index is 12.2. The molecule has 1 aliphatic heterocycles. The van der Waals surface area contributed by atoms with Crippen molar-refractivity contribution >= 4 is 10.0 Å². The highest BCUT2D eigenvalue weighted by atomic mass is 32.2. The molecule has 0 amide bonds. The number of rotatable bonds is 8. The van der Waals surface area contributed by atoms with E-state index in [4.69, 9.17) is 4.74 Å². The Morgan fingerprint density at radius 1 is 1.33 bits per heavy atom. The molecule has 0 spiro atoms. The summed E-state index contributed by atoms with van der Waals surface area (Å²) in [4.78, 5) is 0. The molecular formula is C12H26N2O3S. The molecule has 18 heavy (non-hydrogen) atoms. The van der Waals surface area contributed by atoms with Crippen LogP contribution in [0.4, 0.5) is 0 Å². The Labute approximate surface area is 111 Å². The van der Waals surface area contributed by atoms with E-state index in [0.29, 0.717) is 19.0 Å². The van der Waals surface area contributed by atoms with E-state index < -0.39 is 10.0 Å². The van der Waals surface area contributed by atoms with Crippen molar-refractivity contribution in [2.45, 2.75) is 26.2 Å². The number of sulfonamides is 1. The SMILES string of the molecule is CCCN(CC1CCNCC1)S(=O)(=O)CCOC. The predicted octanol–water partition coefficient (Wildman–Crippen LogP) is 0.674. The number of hydrogen-bond donors (Lipinski definition) is 1. The Hall–Kier alpha value is -0.170. The first-order chi connectivity index (χ1) is 8.60. The summed E-state index contributed by atoms with van der Waals surface area (Å²) in [6.07, 6.45) is 3.00. The second-order valence-corrected chi connectivity index (χ2v) is 6.95. The summed E-state index contributed by atoms with van der Waals surface area (Å²) in [5, 5.41) is 3.31. The summed E-state index contributed by atoms with van der Waals surface area (Å²) in [6, 6.07) is 0. The van der Waals surface area contributed by atoms with Crippen LogP contribution < -0.4 is 5.32 Å². The van der Waals surface area contributed by atoms with E-state index >= 15 is 0 Å². The molecular weight excluding hydrogens is 252 g/mol. The maximum atomic E-state index is 12.2. The molecule has 108 valence electrons.